The Labute approximate surface area is 143 Å². The van der Waals surface area contributed by atoms with Crippen molar-refractivity contribution in [1.29, 1.82) is 0 Å². The van der Waals surface area contributed by atoms with Gasteiger partial charge in [0.05, 0.1) is 13.7 Å². The highest BCUT2D eigenvalue weighted by Gasteiger charge is 2.20. The molecule has 1 fully saturated rings. The standard InChI is InChI=1S/C20H24N2O2/c1-24-19-10-8-18(9-11-19)17-6-4-16(5-7-17)13-22-20(23)14-21-12-15-2-3-15/h4-11,15,21H,2-3,12-14H2,1H3,(H,22,23). The minimum Gasteiger partial charge on any atom is -0.497 e. The van der Waals surface area contributed by atoms with Gasteiger partial charge in [-0.1, -0.05) is 36.4 Å². The Hall–Kier alpha value is -2.33. The SMILES string of the molecule is COc1ccc(-c2ccc(CNC(=O)CNCC3CC3)cc2)cc1. The molecule has 24 heavy (non-hydrogen) atoms. The van der Waals surface area contributed by atoms with Crippen molar-refractivity contribution in [2.24, 2.45) is 5.92 Å². The van der Waals surface area contributed by atoms with Gasteiger partial charge in [0.15, 0.2) is 0 Å². The van der Waals surface area contributed by atoms with Gasteiger partial charge in [-0.2, -0.15) is 0 Å². The lowest BCUT2D eigenvalue weighted by Crippen LogP contribution is -2.34. The fourth-order valence-corrected chi connectivity index (χ4v) is 2.57. The Kier molecular flexibility index (Phi) is 5.49. The van der Waals surface area contributed by atoms with Gasteiger partial charge in [0.25, 0.3) is 0 Å². The molecule has 4 heteroatoms. The summed E-state index contributed by atoms with van der Waals surface area (Å²) in [5, 5.41) is 6.15. The van der Waals surface area contributed by atoms with Gasteiger partial charge in [-0.3, -0.25) is 4.79 Å². The first-order chi connectivity index (χ1) is 11.7. The first kappa shape index (κ1) is 16.5. The van der Waals surface area contributed by atoms with E-state index in [9.17, 15) is 4.79 Å². The number of amides is 1. The van der Waals surface area contributed by atoms with Gasteiger partial charge < -0.3 is 15.4 Å². The molecule has 0 aliphatic heterocycles. The van der Waals surface area contributed by atoms with E-state index in [1.807, 2.05) is 24.3 Å². The summed E-state index contributed by atoms with van der Waals surface area (Å²) in [6.45, 7) is 1.93. The summed E-state index contributed by atoms with van der Waals surface area (Å²) >= 11 is 0. The van der Waals surface area contributed by atoms with Crippen LogP contribution in [-0.4, -0.2) is 26.1 Å². The van der Waals surface area contributed by atoms with Gasteiger partial charge in [-0.05, 0) is 54.1 Å². The van der Waals surface area contributed by atoms with Gasteiger partial charge in [0.2, 0.25) is 5.91 Å². The van der Waals surface area contributed by atoms with E-state index in [1.54, 1.807) is 7.11 Å². The van der Waals surface area contributed by atoms with Gasteiger partial charge in [-0.25, -0.2) is 0 Å². The molecule has 1 amide bonds. The number of carbonyl (C=O) groups excluding carboxylic acids is 1. The van der Waals surface area contributed by atoms with E-state index in [2.05, 4.69) is 34.9 Å². The molecule has 126 valence electrons. The largest absolute Gasteiger partial charge is 0.497 e. The van der Waals surface area contributed by atoms with Crippen LogP contribution in [0.5, 0.6) is 5.75 Å². The molecule has 4 nitrogen and oxygen atoms in total. The Balaban J connectivity index is 1.47. The van der Waals surface area contributed by atoms with Crippen LogP contribution in [0.4, 0.5) is 0 Å². The highest BCUT2D eigenvalue weighted by molar-refractivity contribution is 5.78. The van der Waals surface area contributed by atoms with Gasteiger partial charge in [-0.15, -0.1) is 0 Å². The highest BCUT2D eigenvalue weighted by Crippen LogP contribution is 2.27. The number of ether oxygens (including phenoxy) is 1. The average Bonchev–Trinajstić information content (AvgIpc) is 3.45. The summed E-state index contributed by atoms with van der Waals surface area (Å²) in [7, 11) is 1.67. The molecule has 1 saturated carbocycles. The number of carbonyl (C=O) groups is 1. The summed E-state index contributed by atoms with van der Waals surface area (Å²) in [6.07, 6.45) is 2.60. The number of methoxy groups -OCH3 is 1. The molecule has 3 rings (SSSR count). The van der Waals surface area contributed by atoms with Crippen molar-refractivity contribution in [3.8, 4) is 16.9 Å². The quantitative estimate of drug-likeness (QED) is 0.785. The molecule has 0 saturated heterocycles. The molecule has 0 spiro atoms. The van der Waals surface area contributed by atoms with E-state index >= 15 is 0 Å². The van der Waals surface area contributed by atoms with Crippen LogP contribution in [0.15, 0.2) is 48.5 Å². The second kappa shape index (κ2) is 7.97. The zero-order chi connectivity index (χ0) is 16.8. The molecule has 0 unspecified atom stereocenters. The maximum Gasteiger partial charge on any atom is 0.234 e. The Bertz CT molecular complexity index is 661. The Morgan fingerprint density at radius 1 is 1.04 bits per heavy atom. The predicted molar refractivity (Wildman–Crippen MR) is 95.9 cm³/mol. The van der Waals surface area contributed by atoms with Crippen LogP contribution in [0, 0.1) is 5.92 Å². The van der Waals surface area contributed by atoms with Crippen molar-refractivity contribution in [2.75, 3.05) is 20.2 Å². The molecule has 0 radical (unpaired) electrons. The van der Waals surface area contributed by atoms with Crippen molar-refractivity contribution in [1.82, 2.24) is 10.6 Å². The van der Waals surface area contributed by atoms with Crippen LogP contribution in [0.1, 0.15) is 18.4 Å². The summed E-state index contributed by atoms with van der Waals surface area (Å²) in [5.74, 6) is 1.70. The monoisotopic (exact) mass is 324 g/mol. The minimum absolute atomic E-state index is 0.0508. The smallest absolute Gasteiger partial charge is 0.234 e. The normalized spacial score (nSPS) is 13.5. The molecule has 1 aliphatic rings. The first-order valence-electron chi connectivity index (χ1n) is 8.45. The minimum atomic E-state index is 0.0508. The fraction of sp³-hybridized carbons (Fsp3) is 0.350. The summed E-state index contributed by atoms with van der Waals surface area (Å²) in [5.41, 5.74) is 3.40. The maximum atomic E-state index is 11.8. The third-order valence-corrected chi connectivity index (χ3v) is 4.28. The number of hydrogen-bond acceptors (Lipinski definition) is 3. The zero-order valence-corrected chi connectivity index (χ0v) is 14.0. The molecular formula is C20H24N2O2. The molecule has 0 aromatic heterocycles. The number of benzene rings is 2. The molecular weight excluding hydrogens is 300 g/mol. The second-order valence-electron chi connectivity index (χ2n) is 6.28. The van der Waals surface area contributed by atoms with Crippen LogP contribution >= 0.6 is 0 Å². The van der Waals surface area contributed by atoms with Gasteiger partial charge in [0, 0.05) is 6.54 Å². The van der Waals surface area contributed by atoms with Crippen molar-refractivity contribution in [3.63, 3.8) is 0 Å². The van der Waals surface area contributed by atoms with Gasteiger partial charge >= 0.3 is 0 Å². The summed E-state index contributed by atoms with van der Waals surface area (Å²) in [6, 6.07) is 16.3. The molecule has 1 aliphatic carbocycles. The third kappa shape index (κ3) is 4.83. The first-order valence-corrected chi connectivity index (χ1v) is 8.45. The molecule has 2 N–H and O–H groups in total. The van der Waals surface area contributed by atoms with Crippen LogP contribution < -0.4 is 15.4 Å². The lowest BCUT2D eigenvalue weighted by molar-refractivity contribution is -0.120. The van der Waals surface area contributed by atoms with Crippen molar-refractivity contribution in [3.05, 3.63) is 54.1 Å². The second-order valence-corrected chi connectivity index (χ2v) is 6.28. The van der Waals surface area contributed by atoms with E-state index in [-0.39, 0.29) is 5.91 Å². The molecule has 2 aromatic carbocycles. The summed E-state index contributed by atoms with van der Waals surface area (Å²) < 4.78 is 5.18. The van der Waals surface area contributed by atoms with Crippen LogP contribution in [0.3, 0.4) is 0 Å². The van der Waals surface area contributed by atoms with Crippen molar-refractivity contribution >= 4 is 5.91 Å². The Morgan fingerprint density at radius 2 is 1.67 bits per heavy atom. The highest BCUT2D eigenvalue weighted by atomic mass is 16.5. The fourth-order valence-electron chi connectivity index (χ4n) is 2.57. The van der Waals surface area contributed by atoms with E-state index < -0.39 is 0 Å². The third-order valence-electron chi connectivity index (χ3n) is 4.28. The molecule has 2 aromatic rings. The topological polar surface area (TPSA) is 50.4 Å². The maximum absolute atomic E-state index is 11.8. The molecule has 0 bridgehead atoms. The van der Waals surface area contributed by atoms with Crippen LogP contribution in [0.25, 0.3) is 11.1 Å². The van der Waals surface area contributed by atoms with E-state index in [4.69, 9.17) is 4.74 Å². The van der Waals surface area contributed by atoms with Crippen LogP contribution in [0.2, 0.25) is 0 Å². The zero-order valence-electron chi connectivity index (χ0n) is 14.0. The summed E-state index contributed by atoms with van der Waals surface area (Å²) in [4.78, 5) is 11.8. The van der Waals surface area contributed by atoms with Gasteiger partial charge in [0.1, 0.15) is 5.75 Å². The Morgan fingerprint density at radius 3 is 2.25 bits per heavy atom. The molecule has 0 atom stereocenters. The number of nitrogens with one attached hydrogen (secondary N) is 2. The lowest BCUT2D eigenvalue weighted by Gasteiger charge is -2.08. The predicted octanol–water partition coefficient (Wildman–Crippen LogP) is 2.98. The van der Waals surface area contributed by atoms with Crippen LogP contribution in [-0.2, 0) is 11.3 Å². The molecule has 0 heterocycles. The van der Waals surface area contributed by atoms with Crippen molar-refractivity contribution in [2.45, 2.75) is 19.4 Å². The van der Waals surface area contributed by atoms with E-state index in [0.29, 0.717) is 13.1 Å². The number of hydrogen-bond donors (Lipinski definition) is 2. The van der Waals surface area contributed by atoms with Crippen molar-refractivity contribution < 1.29 is 9.53 Å². The lowest BCUT2D eigenvalue weighted by atomic mass is 10.0. The van der Waals surface area contributed by atoms with E-state index in [1.165, 1.54) is 12.8 Å². The van der Waals surface area contributed by atoms with E-state index in [0.717, 1.165) is 34.9 Å². The number of rotatable bonds is 8. The average molecular weight is 324 g/mol.